The van der Waals surface area contributed by atoms with E-state index in [1.54, 1.807) is 30.3 Å². The molecule has 2 N–H and O–H groups in total. The number of aliphatic hydroxyl groups excluding tert-OH is 1. The standard InChI is InChI=1S/C25H17FN4O4S2/c26-18-4-2-1-3-16(18)13-35-25-29-28-24(36-25)30-20(14-5-7-17(31)8-6-14)19(22(33)23(30)34)21(32)15-9-11-27-12-10-15/h1-12,20,31-32H,13H2/b21-19+. The summed E-state index contributed by atoms with van der Waals surface area (Å²) in [6, 6.07) is 14.4. The second kappa shape index (κ2) is 9.88. The van der Waals surface area contributed by atoms with Crippen LogP contribution in [0.2, 0.25) is 0 Å². The van der Waals surface area contributed by atoms with Gasteiger partial charge in [0.1, 0.15) is 17.3 Å². The van der Waals surface area contributed by atoms with E-state index in [0.717, 1.165) is 11.3 Å². The first kappa shape index (κ1) is 23.6. The first-order valence-corrected chi connectivity index (χ1v) is 12.4. The number of carbonyl (C=O) groups is 2. The maximum Gasteiger partial charge on any atom is 0.301 e. The molecule has 3 heterocycles. The van der Waals surface area contributed by atoms with Gasteiger partial charge < -0.3 is 10.2 Å². The Bertz CT molecular complexity index is 1470. The molecule has 5 rings (SSSR count). The van der Waals surface area contributed by atoms with Crippen LogP contribution < -0.4 is 4.90 Å². The third kappa shape index (κ3) is 4.45. The van der Waals surface area contributed by atoms with Crippen molar-refractivity contribution in [3.63, 3.8) is 0 Å². The Morgan fingerprint density at radius 3 is 2.47 bits per heavy atom. The average Bonchev–Trinajstić information content (AvgIpc) is 3.46. The number of Topliss-reactive ketones (excluding diaryl/α,β-unsaturated/α-hetero) is 1. The number of pyridine rings is 1. The van der Waals surface area contributed by atoms with Crippen LogP contribution in [-0.4, -0.2) is 37.1 Å². The molecule has 1 atom stereocenters. The molecule has 0 saturated carbocycles. The molecule has 180 valence electrons. The number of aliphatic hydroxyl groups is 1. The highest BCUT2D eigenvalue weighted by atomic mass is 32.2. The predicted molar refractivity (Wildman–Crippen MR) is 133 cm³/mol. The third-order valence-corrected chi connectivity index (χ3v) is 7.62. The van der Waals surface area contributed by atoms with Gasteiger partial charge in [0.2, 0.25) is 5.13 Å². The molecule has 1 aliphatic rings. The fourth-order valence-corrected chi connectivity index (χ4v) is 5.63. The molecule has 1 amide bonds. The highest BCUT2D eigenvalue weighted by Crippen LogP contribution is 2.44. The smallest absolute Gasteiger partial charge is 0.301 e. The van der Waals surface area contributed by atoms with E-state index >= 15 is 0 Å². The summed E-state index contributed by atoms with van der Waals surface area (Å²) in [6.07, 6.45) is 2.93. The molecule has 0 aliphatic carbocycles. The number of rotatable bonds is 6. The summed E-state index contributed by atoms with van der Waals surface area (Å²) >= 11 is 2.33. The fraction of sp³-hybridized carbons (Fsp3) is 0.0800. The van der Waals surface area contributed by atoms with Gasteiger partial charge in [0.15, 0.2) is 4.34 Å². The molecule has 0 bridgehead atoms. The molecule has 8 nitrogen and oxygen atoms in total. The van der Waals surface area contributed by atoms with Crippen LogP contribution in [-0.2, 0) is 15.3 Å². The van der Waals surface area contributed by atoms with Gasteiger partial charge in [-0.25, -0.2) is 4.39 Å². The maximum absolute atomic E-state index is 14.0. The second-order valence-corrected chi connectivity index (χ2v) is 9.91. The van der Waals surface area contributed by atoms with Gasteiger partial charge in [-0.05, 0) is 41.5 Å². The average molecular weight is 521 g/mol. The van der Waals surface area contributed by atoms with E-state index < -0.39 is 17.7 Å². The van der Waals surface area contributed by atoms with Gasteiger partial charge in [0.25, 0.3) is 5.78 Å². The van der Waals surface area contributed by atoms with Crippen molar-refractivity contribution in [2.75, 3.05) is 4.90 Å². The van der Waals surface area contributed by atoms with Crippen LogP contribution in [0.1, 0.15) is 22.7 Å². The number of ketones is 1. The van der Waals surface area contributed by atoms with E-state index in [0.29, 0.717) is 26.8 Å². The largest absolute Gasteiger partial charge is 0.508 e. The van der Waals surface area contributed by atoms with Crippen LogP contribution in [0.4, 0.5) is 9.52 Å². The van der Waals surface area contributed by atoms with Crippen LogP contribution in [0.3, 0.4) is 0 Å². The predicted octanol–water partition coefficient (Wildman–Crippen LogP) is 4.70. The van der Waals surface area contributed by atoms with Crippen LogP contribution in [0.15, 0.2) is 83.0 Å². The molecule has 1 fully saturated rings. The van der Waals surface area contributed by atoms with E-state index in [9.17, 15) is 24.2 Å². The number of carbonyl (C=O) groups excluding carboxylic acids is 2. The summed E-state index contributed by atoms with van der Waals surface area (Å²) in [7, 11) is 0. The number of halogens is 1. The number of amides is 1. The van der Waals surface area contributed by atoms with Crippen molar-refractivity contribution in [2.24, 2.45) is 0 Å². The molecular formula is C25H17FN4O4S2. The van der Waals surface area contributed by atoms with Gasteiger partial charge >= 0.3 is 5.91 Å². The summed E-state index contributed by atoms with van der Waals surface area (Å²) in [6.45, 7) is 0. The maximum atomic E-state index is 14.0. The Kier molecular flexibility index (Phi) is 6.49. The molecule has 36 heavy (non-hydrogen) atoms. The summed E-state index contributed by atoms with van der Waals surface area (Å²) < 4.78 is 14.5. The molecule has 4 aromatic rings. The zero-order valence-corrected chi connectivity index (χ0v) is 20.0. The number of hydrogen-bond acceptors (Lipinski definition) is 9. The van der Waals surface area contributed by atoms with Crippen LogP contribution in [0, 0.1) is 5.82 Å². The summed E-state index contributed by atoms with van der Waals surface area (Å²) in [5, 5.41) is 29.2. The molecule has 2 aromatic heterocycles. The number of anilines is 1. The number of hydrogen-bond donors (Lipinski definition) is 2. The second-order valence-electron chi connectivity index (χ2n) is 7.73. The Hall–Kier alpha value is -4.09. The number of thioether (sulfide) groups is 1. The number of phenols is 1. The van der Waals surface area contributed by atoms with Crippen LogP contribution in [0.5, 0.6) is 5.75 Å². The Labute approximate surface area is 212 Å². The monoisotopic (exact) mass is 520 g/mol. The lowest BCUT2D eigenvalue weighted by Crippen LogP contribution is -2.29. The van der Waals surface area contributed by atoms with Crippen LogP contribution >= 0.6 is 23.1 Å². The lowest BCUT2D eigenvalue weighted by molar-refractivity contribution is -0.132. The minimum absolute atomic E-state index is 0.00702. The molecule has 0 spiro atoms. The fourth-order valence-electron chi connectivity index (χ4n) is 3.78. The molecule has 1 unspecified atom stereocenters. The topological polar surface area (TPSA) is 117 Å². The van der Waals surface area contributed by atoms with E-state index in [1.165, 1.54) is 59.4 Å². The van der Waals surface area contributed by atoms with Crippen LogP contribution in [0.25, 0.3) is 5.76 Å². The SMILES string of the molecule is O=C1C(=O)N(c2nnc(SCc3ccccc3F)s2)C(c2ccc(O)cc2)/C1=C(\O)c1ccncc1. The Morgan fingerprint density at radius 2 is 1.75 bits per heavy atom. The summed E-state index contributed by atoms with van der Waals surface area (Å²) in [4.78, 5) is 31.4. The van der Waals surface area contributed by atoms with Gasteiger partial charge in [-0.1, -0.05) is 53.4 Å². The van der Waals surface area contributed by atoms with Gasteiger partial charge in [-0.2, -0.15) is 0 Å². The lowest BCUT2D eigenvalue weighted by atomic mass is 9.95. The highest BCUT2D eigenvalue weighted by Gasteiger charge is 2.48. The lowest BCUT2D eigenvalue weighted by Gasteiger charge is -2.22. The normalized spacial score (nSPS) is 17.0. The first-order valence-electron chi connectivity index (χ1n) is 10.6. The molecular weight excluding hydrogens is 503 g/mol. The number of aromatic hydroxyl groups is 1. The van der Waals surface area contributed by atoms with Gasteiger partial charge in [0.05, 0.1) is 11.6 Å². The molecule has 1 aliphatic heterocycles. The Morgan fingerprint density at radius 1 is 1.03 bits per heavy atom. The number of nitrogens with zero attached hydrogens (tertiary/aromatic N) is 4. The summed E-state index contributed by atoms with van der Waals surface area (Å²) in [5.74, 6) is -2.11. The third-order valence-electron chi connectivity index (χ3n) is 5.52. The van der Waals surface area contributed by atoms with E-state index in [4.69, 9.17) is 0 Å². The van der Waals surface area contributed by atoms with Crippen molar-refractivity contribution < 1.29 is 24.2 Å². The molecule has 11 heteroatoms. The zero-order chi connectivity index (χ0) is 25.2. The molecule has 2 aromatic carbocycles. The quantitative estimate of drug-likeness (QED) is 0.124. The minimum atomic E-state index is -1.00. The van der Waals surface area contributed by atoms with Gasteiger partial charge in [-0.15, -0.1) is 10.2 Å². The van der Waals surface area contributed by atoms with Gasteiger partial charge in [-0.3, -0.25) is 19.5 Å². The highest BCUT2D eigenvalue weighted by molar-refractivity contribution is 8.00. The minimum Gasteiger partial charge on any atom is -0.508 e. The van der Waals surface area contributed by atoms with Crippen molar-refractivity contribution in [3.05, 3.63) is 101 Å². The van der Waals surface area contributed by atoms with E-state index in [2.05, 4.69) is 15.2 Å². The zero-order valence-electron chi connectivity index (χ0n) is 18.4. The van der Waals surface area contributed by atoms with Crippen molar-refractivity contribution in [1.29, 1.82) is 0 Å². The number of aromatic nitrogens is 3. The number of phenolic OH excluding ortho intramolecular Hbond substituents is 1. The van der Waals surface area contributed by atoms with Crippen molar-refractivity contribution in [1.82, 2.24) is 15.2 Å². The summed E-state index contributed by atoms with van der Waals surface area (Å²) in [5.41, 5.74) is 1.19. The van der Waals surface area contributed by atoms with E-state index in [-0.39, 0.29) is 28.0 Å². The van der Waals surface area contributed by atoms with E-state index in [1.807, 2.05) is 0 Å². The first-order chi connectivity index (χ1) is 17.4. The number of benzene rings is 2. The van der Waals surface area contributed by atoms with Crippen molar-refractivity contribution in [3.8, 4) is 5.75 Å². The van der Waals surface area contributed by atoms with Crippen molar-refractivity contribution >= 4 is 45.7 Å². The van der Waals surface area contributed by atoms with Crippen molar-refractivity contribution in [2.45, 2.75) is 16.1 Å². The molecule has 1 saturated heterocycles. The Balaban J connectivity index is 1.54. The molecule has 0 radical (unpaired) electrons. The van der Waals surface area contributed by atoms with Gasteiger partial charge in [0, 0.05) is 23.7 Å².